The maximum atomic E-state index is 13.4. The fraction of sp³-hybridized carbons (Fsp3) is 0.333. The highest BCUT2D eigenvalue weighted by atomic mass is 127. The molecule has 0 aliphatic carbocycles. The normalized spacial score (nSPS) is 11.6. The lowest BCUT2D eigenvalue weighted by atomic mass is 10.2. The molecule has 1 rings (SSSR count). The van der Waals surface area contributed by atoms with E-state index in [-0.39, 0.29) is 17.9 Å². The van der Waals surface area contributed by atoms with Crippen LogP contribution in [0.5, 0.6) is 5.75 Å². The molecule has 0 saturated carbocycles. The highest BCUT2D eigenvalue weighted by molar-refractivity contribution is 14.1. The number of carbonyl (C=O) groups excluding carboxylic acids is 2. The number of rotatable bonds is 5. The van der Waals surface area contributed by atoms with E-state index in [1.807, 2.05) is 22.6 Å². The Balaban J connectivity index is 2.64. The van der Waals surface area contributed by atoms with E-state index in [9.17, 15) is 14.0 Å². The number of methoxy groups -OCH3 is 2. The molecule has 0 heterocycles. The third-order valence-corrected chi connectivity index (χ3v) is 3.26. The van der Waals surface area contributed by atoms with Crippen LogP contribution in [0.1, 0.15) is 10.4 Å². The summed E-state index contributed by atoms with van der Waals surface area (Å²) < 4.78 is 22.2. The molecule has 0 spiro atoms. The summed E-state index contributed by atoms with van der Waals surface area (Å²) in [6.07, 6.45) is 0. The summed E-state index contributed by atoms with van der Waals surface area (Å²) in [6, 6.07) is 3.89. The van der Waals surface area contributed by atoms with Gasteiger partial charge >= 0.3 is 5.97 Å². The van der Waals surface area contributed by atoms with E-state index in [4.69, 9.17) is 4.74 Å². The first-order valence-electron chi connectivity index (χ1n) is 5.33. The molecule has 1 aromatic rings. The zero-order valence-electron chi connectivity index (χ0n) is 10.4. The third-order valence-electron chi connectivity index (χ3n) is 2.31. The van der Waals surface area contributed by atoms with Gasteiger partial charge in [-0.3, -0.25) is 9.59 Å². The zero-order chi connectivity index (χ0) is 14.4. The average molecular weight is 381 g/mol. The number of amides is 1. The predicted molar refractivity (Wildman–Crippen MR) is 75.1 cm³/mol. The Hall–Kier alpha value is -1.38. The van der Waals surface area contributed by atoms with Crippen LogP contribution in [0, 0.1) is 5.82 Å². The summed E-state index contributed by atoms with van der Waals surface area (Å²) in [4.78, 5) is 22.9. The van der Waals surface area contributed by atoms with Gasteiger partial charge in [-0.1, -0.05) is 22.6 Å². The second kappa shape index (κ2) is 7.27. The molecule has 0 radical (unpaired) electrons. The molecule has 0 saturated heterocycles. The smallest absolute Gasteiger partial charge is 0.320 e. The summed E-state index contributed by atoms with van der Waals surface area (Å²) in [5.74, 6) is -1.44. The summed E-state index contributed by atoms with van der Waals surface area (Å²) in [5.41, 5.74) is 0.159. The minimum atomic E-state index is -0.617. The van der Waals surface area contributed by atoms with Gasteiger partial charge in [-0.25, -0.2) is 4.39 Å². The van der Waals surface area contributed by atoms with E-state index in [1.165, 1.54) is 26.4 Å². The van der Waals surface area contributed by atoms with Gasteiger partial charge in [0.15, 0.2) is 11.6 Å². The number of halogens is 2. The van der Waals surface area contributed by atoms with Crippen LogP contribution >= 0.6 is 22.6 Å². The summed E-state index contributed by atoms with van der Waals surface area (Å²) in [5, 5.41) is 2.52. The van der Waals surface area contributed by atoms with E-state index >= 15 is 0 Å². The standard InChI is InChI=1S/C12H13FINO4/c1-18-10-4-3-7(5-8(10)13)11(16)15-6-9(14)12(17)19-2/h3-5,9H,6H2,1-2H3,(H,15,16). The number of ether oxygens (including phenoxy) is 2. The first-order valence-corrected chi connectivity index (χ1v) is 6.57. The van der Waals surface area contributed by atoms with Crippen LogP contribution in [0.15, 0.2) is 18.2 Å². The summed E-state index contributed by atoms with van der Waals surface area (Å²) in [7, 11) is 2.61. The molecule has 0 bridgehead atoms. The topological polar surface area (TPSA) is 64.6 Å². The minimum Gasteiger partial charge on any atom is -0.494 e. The predicted octanol–water partition coefficient (Wildman–Crippen LogP) is 1.54. The third kappa shape index (κ3) is 4.34. The van der Waals surface area contributed by atoms with Crippen LogP contribution in [0.2, 0.25) is 0 Å². The fourth-order valence-electron chi connectivity index (χ4n) is 1.30. The number of hydrogen-bond acceptors (Lipinski definition) is 4. The lowest BCUT2D eigenvalue weighted by molar-refractivity contribution is -0.139. The van der Waals surface area contributed by atoms with Gasteiger partial charge in [0.2, 0.25) is 0 Å². The van der Waals surface area contributed by atoms with Crippen LogP contribution < -0.4 is 10.1 Å². The van der Waals surface area contributed by atoms with Crippen molar-refractivity contribution in [1.82, 2.24) is 5.32 Å². The molecule has 7 heteroatoms. The van der Waals surface area contributed by atoms with Crippen LogP contribution in [0.4, 0.5) is 4.39 Å². The molecule has 1 unspecified atom stereocenters. The van der Waals surface area contributed by atoms with Crippen molar-refractivity contribution < 1.29 is 23.5 Å². The van der Waals surface area contributed by atoms with Gasteiger partial charge in [0.05, 0.1) is 14.2 Å². The average Bonchev–Trinajstić information content (AvgIpc) is 2.43. The summed E-state index contributed by atoms with van der Waals surface area (Å²) >= 11 is 1.85. The number of carbonyl (C=O) groups is 2. The van der Waals surface area contributed by atoms with Crippen molar-refractivity contribution in [3.8, 4) is 5.75 Å². The van der Waals surface area contributed by atoms with E-state index in [1.54, 1.807) is 0 Å². The lowest BCUT2D eigenvalue weighted by Crippen LogP contribution is -2.33. The zero-order valence-corrected chi connectivity index (χ0v) is 12.6. The molecule has 0 fully saturated rings. The van der Waals surface area contributed by atoms with Gasteiger partial charge in [0, 0.05) is 12.1 Å². The second-order valence-electron chi connectivity index (χ2n) is 3.55. The molecule has 0 aliphatic rings. The van der Waals surface area contributed by atoms with Crippen LogP contribution in [0.25, 0.3) is 0 Å². The maximum absolute atomic E-state index is 13.4. The molecule has 5 nitrogen and oxygen atoms in total. The van der Waals surface area contributed by atoms with Gasteiger partial charge in [0.1, 0.15) is 3.92 Å². The van der Waals surface area contributed by atoms with Crippen LogP contribution in [0.3, 0.4) is 0 Å². The minimum absolute atomic E-state index is 0.0675. The molecule has 19 heavy (non-hydrogen) atoms. The fourth-order valence-corrected chi connectivity index (χ4v) is 1.78. The van der Waals surface area contributed by atoms with E-state index < -0.39 is 21.6 Å². The van der Waals surface area contributed by atoms with Crippen molar-refractivity contribution in [3.63, 3.8) is 0 Å². The van der Waals surface area contributed by atoms with Gasteiger partial charge in [-0.05, 0) is 18.2 Å². The highest BCUT2D eigenvalue weighted by Crippen LogP contribution is 2.17. The Morgan fingerprint density at radius 2 is 2.11 bits per heavy atom. The Labute approximate surface area is 123 Å². The number of nitrogens with one attached hydrogen (secondary N) is 1. The number of benzene rings is 1. The first kappa shape index (κ1) is 15.7. The quantitative estimate of drug-likeness (QED) is 0.478. The molecular weight excluding hydrogens is 368 g/mol. The summed E-state index contributed by atoms with van der Waals surface area (Å²) in [6.45, 7) is 0.111. The van der Waals surface area contributed by atoms with Gasteiger partial charge < -0.3 is 14.8 Å². The molecule has 104 valence electrons. The van der Waals surface area contributed by atoms with Gasteiger partial charge in [0.25, 0.3) is 5.91 Å². The molecule has 1 N–H and O–H groups in total. The number of alkyl halides is 1. The molecule has 0 aromatic heterocycles. The van der Waals surface area contributed by atoms with Crippen molar-refractivity contribution in [1.29, 1.82) is 0 Å². The Morgan fingerprint density at radius 3 is 2.63 bits per heavy atom. The van der Waals surface area contributed by atoms with Crippen molar-refractivity contribution in [2.24, 2.45) is 0 Å². The molecule has 1 aromatic carbocycles. The lowest BCUT2D eigenvalue weighted by Gasteiger charge is -2.10. The van der Waals surface area contributed by atoms with Gasteiger partial charge in [-0.15, -0.1) is 0 Å². The van der Waals surface area contributed by atoms with Crippen LogP contribution in [-0.2, 0) is 9.53 Å². The van der Waals surface area contributed by atoms with Crippen molar-refractivity contribution >= 4 is 34.5 Å². The highest BCUT2D eigenvalue weighted by Gasteiger charge is 2.17. The monoisotopic (exact) mass is 381 g/mol. The molecule has 0 aliphatic heterocycles. The van der Waals surface area contributed by atoms with E-state index in [2.05, 4.69) is 10.1 Å². The second-order valence-corrected chi connectivity index (χ2v) is 5.05. The number of hydrogen-bond donors (Lipinski definition) is 1. The van der Waals surface area contributed by atoms with E-state index in [0.29, 0.717) is 0 Å². The molecule has 1 amide bonds. The Morgan fingerprint density at radius 1 is 1.42 bits per heavy atom. The Kier molecular flexibility index (Phi) is 6.00. The first-order chi connectivity index (χ1) is 8.99. The Bertz CT molecular complexity index is 481. The molecular formula is C12H13FINO4. The maximum Gasteiger partial charge on any atom is 0.320 e. The van der Waals surface area contributed by atoms with Crippen molar-refractivity contribution in [3.05, 3.63) is 29.6 Å². The van der Waals surface area contributed by atoms with Crippen LogP contribution in [-0.4, -0.2) is 36.6 Å². The number of esters is 1. The SMILES string of the molecule is COC(=O)C(I)CNC(=O)c1ccc(OC)c(F)c1. The largest absolute Gasteiger partial charge is 0.494 e. The van der Waals surface area contributed by atoms with Crippen molar-refractivity contribution in [2.45, 2.75) is 3.92 Å². The molecule has 1 atom stereocenters. The van der Waals surface area contributed by atoms with Crippen molar-refractivity contribution in [2.75, 3.05) is 20.8 Å². The van der Waals surface area contributed by atoms with Gasteiger partial charge in [-0.2, -0.15) is 0 Å². The van der Waals surface area contributed by atoms with E-state index in [0.717, 1.165) is 6.07 Å².